The number of nitrogens with zero attached hydrogens (tertiary/aromatic N) is 3. The first-order chi connectivity index (χ1) is 16.3. The van der Waals surface area contributed by atoms with Crippen molar-refractivity contribution in [1.29, 1.82) is 0 Å². The van der Waals surface area contributed by atoms with Crippen LogP contribution in [-0.4, -0.2) is 46.8 Å². The van der Waals surface area contributed by atoms with E-state index in [1.54, 1.807) is 0 Å². The number of carboxylic acid groups (broad SMARTS) is 1. The molecule has 0 spiro atoms. The number of fused-ring (bicyclic) bond motifs is 1. The Labute approximate surface area is 199 Å². The Morgan fingerprint density at radius 2 is 1.88 bits per heavy atom. The lowest BCUT2D eigenvalue weighted by Crippen LogP contribution is -2.48. The van der Waals surface area contributed by atoms with Gasteiger partial charge in [-0.25, -0.2) is 4.98 Å². The summed E-state index contributed by atoms with van der Waals surface area (Å²) in [5.41, 5.74) is 3.08. The van der Waals surface area contributed by atoms with E-state index in [-0.39, 0.29) is 24.2 Å². The molecule has 2 heterocycles. The SMILES string of the molecule is O=C(O)C(Cc1nnc(Cc2nc3ccc(-c4ccccc4)cc3s2)o1)NS(=O)(=O)NC1CC1. The van der Waals surface area contributed by atoms with Crippen LogP contribution in [0.3, 0.4) is 0 Å². The fourth-order valence-electron chi connectivity index (χ4n) is 3.43. The zero-order valence-electron chi connectivity index (χ0n) is 17.8. The highest BCUT2D eigenvalue weighted by Crippen LogP contribution is 2.29. The van der Waals surface area contributed by atoms with Crippen LogP contribution >= 0.6 is 11.3 Å². The first kappa shape index (κ1) is 22.6. The van der Waals surface area contributed by atoms with E-state index in [4.69, 9.17) is 4.42 Å². The molecule has 34 heavy (non-hydrogen) atoms. The minimum absolute atomic E-state index is 0.0315. The maximum absolute atomic E-state index is 12.1. The standard InChI is InChI=1S/C22H21N5O5S2/c28-22(29)17(27-34(30,31)26-15-7-8-15)11-19-24-25-20(32-19)12-21-23-16-9-6-14(10-18(16)33-21)13-4-2-1-3-5-13/h1-6,9-10,15,17,26-27H,7-8,11-12H2,(H,28,29). The lowest BCUT2D eigenvalue weighted by Gasteiger charge is -2.13. The largest absolute Gasteiger partial charge is 0.480 e. The minimum atomic E-state index is -3.94. The van der Waals surface area contributed by atoms with Crippen molar-refractivity contribution in [3.05, 3.63) is 65.3 Å². The van der Waals surface area contributed by atoms with E-state index in [0.29, 0.717) is 6.42 Å². The Balaban J connectivity index is 1.27. The second-order valence-corrected chi connectivity index (χ2v) is 10.6. The fraction of sp³-hybridized carbons (Fsp3) is 0.273. The van der Waals surface area contributed by atoms with Gasteiger partial charge in [0.2, 0.25) is 11.8 Å². The van der Waals surface area contributed by atoms with Crippen molar-refractivity contribution in [1.82, 2.24) is 24.6 Å². The number of carbonyl (C=O) groups is 1. The van der Waals surface area contributed by atoms with E-state index >= 15 is 0 Å². The summed E-state index contributed by atoms with van der Waals surface area (Å²) >= 11 is 1.52. The monoisotopic (exact) mass is 499 g/mol. The quantitative estimate of drug-likeness (QED) is 0.302. The molecule has 1 aliphatic carbocycles. The maximum atomic E-state index is 12.1. The second kappa shape index (κ2) is 9.22. The topological polar surface area (TPSA) is 147 Å². The summed E-state index contributed by atoms with van der Waals surface area (Å²) in [5.74, 6) is -1.02. The predicted molar refractivity (Wildman–Crippen MR) is 126 cm³/mol. The summed E-state index contributed by atoms with van der Waals surface area (Å²) in [6, 6.07) is 14.6. The average Bonchev–Trinajstić information content (AvgIpc) is 3.34. The van der Waals surface area contributed by atoms with Crippen LogP contribution in [0, 0.1) is 0 Å². The van der Waals surface area contributed by atoms with E-state index in [0.717, 1.165) is 39.2 Å². The zero-order chi connectivity index (χ0) is 23.7. The molecule has 0 amide bonds. The van der Waals surface area contributed by atoms with E-state index in [1.165, 1.54) is 11.3 Å². The lowest BCUT2D eigenvalue weighted by molar-refractivity contribution is -0.139. The van der Waals surface area contributed by atoms with Crippen molar-refractivity contribution < 1.29 is 22.7 Å². The Morgan fingerprint density at radius 3 is 2.62 bits per heavy atom. The molecule has 0 saturated heterocycles. The van der Waals surface area contributed by atoms with Crippen LogP contribution in [0.5, 0.6) is 0 Å². The fourth-order valence-corrected chi connectivity index (χ4v) is 5.72. The Bertz CT molecular complexity index is 1430. The van der Waals surface area contributed by atoms with Gasteiger partial charge in [-0.1, -0.05) is 36.4 Å². The number of rotatable bonds is 10. The number of thiazole rings is 1. The molecule has 2 aromatic carbocycles. The molecule has 1 saturated carbocycles. The van der Waals surface area contributed by atoms with Gasteiger partial charge in [-0.05, 0) is 36.1 Å². The molecule has 1 fully saturated rings. The number of nitrogens with one attached hydrogen (secondary N) is 2. The summed E-state index contributed by atoms with van der Waals surface area (Å²) in [6.07, 6.45) is 1.50. The second-order valence-electron chi connectivity index (χ2n) is 8.03. The van der Waals surface area contributed by atoms with Gasteiger partial charge in [0.1, 0.15) is 11.0 Å². The minimum Gasteiger partial charge on any atom is -0.480 e. The van der Waals surface area contributed by atoms with Crippen molar-refractivity contribution in [2.45, 2.75) is 37.8 Å². The van der Waals surface area contributed by atoms with E-state index < -0.39 is 22.2 Å². The number of hydrogen-bond donors (Lipinski definition) is 3. The normalized spacial score (nSPS) is 14.9. The van der Waals surface area contributed by atoms with Crippen LogP contribution in [0.4, 0.5) is 0 Å². The number of aromatic nitrogens is 3. The number of hydrogen-bond acceptors (Lipinski definition) is 8. The third-order valence-electron chi connectivity index (χ3n) is 5.22. The summed E-state index contributed by atoms with van der Waals surface area (Å²) in [6.45, 7) is 0. The first-order valence-electron chi connectivity index (χ1n) is 10.6. The highest BCUT2D eigenvalue weighted by Gasteiger charge is 2.31. The van der Waals surface area contributed by atoms with Gasteiger partial charge in [0, 0.05) is 6.04 Å². The van der Waals surface area contributed by atoms with Crippen LogP contribution in [-0.2, 0) is 27.8 Å². The zero-order valence-corrected chi connectivity index (χ0v) is 19.5. The third kappa shape index (κ3) is 5.47. The van der Waals surface area contributed by atoms with Gasteiger partial charge in [0.05, 0.1) is 23.1 Å². The number of aliphatic carboxylic acids is 1. The van der Waals surface area contributed by atoms with Crippen LogP contribution in [0.2, 0.25) is 0 Å². The van der Waals surface area contributed by atoms with Gasteiger partial charge < -0.3 is 9.52 Å². The van der Waals surface area contributed by atoms with E-state index in [9.17, 15) is 18.3 Å². The number of carboxylic acids is 1. The molecule has 2 aromatic heterocycles. The first-order valence-corrected chi connectivity index (χ1v) is 12.9. The molecule has 1 atom stereocenters. The smallest absolute Gasteiger partial charge is 0.322 e. The molecule has 0 bridgehead atoms. The van der Waals surface area contributed by atoms with Crippen molar-refractivity contribution >= 4 is 37.7 Å². The molecule has 4 aromatic rings. The molecule has 10 nitrogen and oxygen atoms in total. The highest BCUT2D eigenvalue weighted by molar-refractivity contribution is 7.87. The summed E-state index contributed by atoms with van der Waals surface area (Å²) in [4.78, 5) is 16.2. The van der Waals surface area contributed by atoms with Gasteiger partial charge in [-0.2, -0.15) is 17.9 Å². The molecule has 1 aliphatic rings. The third-order valence-corrected chi connectivity index (χ3v) is 7.48. The Kier molecular flexibility index (Phi) is 6.13. The summed E-state index contributed by atoms with van der Waals surface area (Å²) < 4.78 is 35.3. The summed E-state index contributed by atoms with van der Waals surface area (Å²) in [7, 11) is -3.94. The van der Waals surface area contributed by atoms with Gasteiger partial charge in [0.25, 0.3) is 10.2 Å². The van der Waals surface area contributed by atoms with Crippen LogP contribution in [0.1, 0.15) is 29.6 Å². The van der Waals surface area contributed by atoms with Crippen LogP contribution < -0.4 is 9.44 Å². The van der Waals surface area contributed by atoms with Gasteiger partial charge in [-0.3, -0.25) is 4.79 Å². The van der Waals surface area contributed by atoms with E-state index in [2.05, 4.69) is 42.8 Å². The molecular weight excluding hydrogens is 478 g/mol. The molecule has 1 unspecified atom stereocenters. The number of benzene rings is 2. The predicted octanol–water partition coefficient (Wildman–Crippen LogP) is 2.52. The van der Waals surface area contributed by atoms with Crippen molar-refractivity contribution in [3.63, 3.8) is 0 Å². The highest BCUT2D eigenvalue weighted by atomic mass is 32.2. The molecule has 0 aliphatic heterocycles. The van der Waals surface area contributed by atoms with Crippen LogP contribution in [0.25, 0.3) is 21.3 Å². The van der Waals surface area contributed by atoms with Crippen LogP contribution in [0.15, 0.2) is 52.9 Å². The molecule has 0 radical (unpaired) electrons. The Hall–Kier alpha value is -3.19. The van der Waals surface area contributed by atoms with Crippen molar-refractivity contribution in [2.24, 2.45) is 0 Å². The van der Waals surface area contributed by atoms with Crippen molar-refractivity contribution in [3.8, 4) is 11.1 Å². The van der Waals surface area contributed by atoms with Crippen molar-refractivity contribution in [2.75, 3.05) is 0 Å². The molecule has 5 rings (SSSR count). The lowest BCUT2D eigenvalue weighted by atomic mass is 10.1. The molecular formula is C22H21N5O5S2. The molecule has 176 valence electrons. The maximum Gasteiger partial charge on any atom is 0.322 e. The molecule has 12 heteroatoms. The molecule has 3 N–H and O–H groups in total. The Morgan fingerprint density at radius 1 is 1.12 bits per heavy atom. The van der Waals surface area contributed by atoms with Gasteiger partial charge >= 0.3 is 5.97 Å². The van der Waals surface area contributed by atoms with Gasteiger partial charge in [-0.15, -0.1) is 21.5 Å². The van der Waals surface area contributed by atoms with E-state index in [1.807, 2.05) is 30.3 Å². The summed E-state index contributed by atoms with van der Waals surface area (Å²) in [5, 5.41) is 18.1. The van der Waals surface area contributed by atoms with Gasteiger partial charge in [0.15, 0.2) is 0 Å². The average molecular weight is 500 g/mol.